The van der Waals surface area contributed by atoms with Gasteiger partial charge >= 0.3 is 0 Å². The molecule has 16 heavy (non-hydrogen) atoms. The van der Waals surface area contributed by atoms with E-state index in [1.54, 1.807) is 0 Å². The van der Waals surface area contributed by atoms with Crippen LogP contribution in [-0.4, -0.2) is 19.9 Å². The summed E-state index contributed by atoms with van der Waals surface area (Å²) in [6.45, 7) is 2.59. The summed E-state index contributed by atoms with van der Waals surface area (Å²) in [7, 11) is 0. The number of hydrogen-bond donors (Lipinski definition) is 4. The molecular weight excluding hydrogens is 206 g/mol. The molecule has 2 aromatic heterocycles. The molecule has 2 heterocycles. The first kappa shape index (κ1) is 10.2. The standard InChI is InChI=1S/C9H13N7/c1-5-2-6(3-12-5)4-13-9-15-7(10)14-8(11)16-9/h2-3,12H,4H2,1H3,(H5,10,11,13,14,15,16). The Morgan fingerprint density at radius 3 is 2.50 bits per heavy atom. The van der Waals surface area contributed by atoms with Crippen LogP contribution in [0.2, 0.25) is 0 Å². The number of hydrogen-bond acceptors (Lipinski definition) is 6. The molecule has 0 saturated carbocycles. The van der Waals surface area contributed by atoms with Crippen molar-refractivity contribution in [2.45, 2.75) is 13.5 Å². The molecule has 0 fully saturated rings. The van der Waals surface area contributed by atoms with Crippen LogP contribution in [0.15, 0.2) is 12.3 Å². The minimum atomic E-state index is 0.111. The second-order valence-electron chi connectivity index (χ2n) is 3.42. The summed E-state index contributed by atoms with van der Waals surface area (Å²) in [4.78, 5) is 14.6. The first-order chi connectivity index (χ1) is 7.63. The number of nitrogens with two attached hydrogens (primary N) is 2. The molecule has 0 radical (unpaired) electrons. The van der Waals surface area contributed by atoms with E-state index in [2.05, 4.69) is 25.3 Å². The Bertz CT molecular complexity index is 470. The lowest BCUT2D eigenvalue weighted by molar-refractivity contribution is 1.02. The molecule has 0 aliphatic carbocycles. The zero-order valence-corrected chi connectivity index (χ0v) is 8.86. The van der Waals surface area contributed by atoms with Crippen molar-refractivity contribution >= 4 is 17.8 Å². The second-order valence-corrected chi connectivity index (χ2v) is 3.42. The van der Waals surface area contributed by atoms with Crippen molar-refractivity contribution in [2.75, 3.05) is 16.8 Å². The van der Waals surface area contributed by atoms with Gasteiger partial charge in [-0.25, -0.2) is 0 Å². The largest absolute Gasteiger partial charge is 0.368 e. The van der Waals surface area contributed by atoms with E-state index in [1.165, 1.54) is 0 Å². The number of nitrogens with one attached hydrogen (secondary N) is 2. The van der Waals surface area contributed by atoms with Crippen molar-refractivity contribution in [3.05, 3.63) is 23.5 Å². The lowest BCUT2D eigenvalue weighted by Gasteiger charge is -2.03. The van der Waals surface area contributed by atoms with Crippen LogP contribution < -0.4 is 16.8 Å². The van der Waals surface area contributed by atoms with E-state index in [9.17, 15) is 0 Å². The van der Waals surface area contributed by atoms with Crippen molar-refractivity contribution in [1.82, 2.24) is 19.9 Å². The molecule has 2 aromatic rings. The molecule has 0 saturated heterocycles. The Hall–Kier alpha value is -2.31. The molecule has 7 heteroatoms. The van der Waals surface area contributed by atoms with Crippen LogP contribution in [0.1, 0.15) is 11.3 Å². The van der Waals surface area contributed by atoms with E-state index in [0.29, 0.717) is 12.5 Å². The quantitative estimate of drug-likeness (QED) is 0.589. The van der Waals surface area contributed by atoms with Crippen LogP contribution in [0, 0.1) is 6.92 Å². The van der Waals surface area contributed by atoms with Crippen LogP contribution >= 0.6 is 0 Å². The Morgan fingerprint density at radius 1 is 1.25 bits per heavy atom. The molecule has 0 amide bonds. The topological polar surface area (TPSA) is 119 Å². The second kappa shape index (κ2) is 4.05. The summed E-state index contributed by atoms with van der Waals surface area (Å²) in [5, 5.41) is 3.01. The van der Waals surface area contributed by atoms with E-state index in [-0.39, 0.29) is 11.9 Å². The van der Waals surface area contributed by atoms with Crippen LogP contribution in [0.5, 0.6) is 0 Å². The summed E-state index contributed by atoms with van der Waals surface area (Å²) >= 11 is 0. The number of nitrogens with zero attached hydrogens (tertiary/aromatic N) is 3. The SMILES string of the molecule is Cc1cc(CNc2nc(N)nc(N)n2)c[nH]1. The summed E-state index contributed by atoms with van der Waals surface area (Å²) in [6.07, 6.45) is 1.91. The number of H-pyrrole nitrogens is 1. The van der Waals surface area contributed by atoms with Gasteiger partial charge in [0, 0.05) is 18.4 Å². The zero-order chi connectivity index (χ0) is 11.5. The molecule has 0 atom stereocenters. The van der Waals surface area contributed by atoms with Crippen LogP contribution in [0.25, 0.3) is 0 Å². The molecule has 0 aromatic carbocycles. The minimum absolute atomic E-state index is 0.111. The van der Waals surface area contributed by atoms with Gasteiger partial charge in [0.25, 0.3) is 0 Å². The van der Waals surface area contributed by atoms with Crippen molar-refractivity contribution in [2.24, 2.45) is 0 Å². The lowest BCUT2D eigenvalue weighted by Crippen LogP contribution is -2.08. The molecule has 7 nitrogen and oxygen atoms in total. The predicted octanol–water partition coefficient (Wildman–Crippen LogP) is 0.285. The number of nitrogen functional groups attached to an aromatic ring is 2. The van der Waals surface area contributed by atoms with Gasteiger partial charge in [0.05, 0.1) is 0 Å². The third kappa shape index (κ3) is 2.38. The fraction of sp³-hybridized carbons (Fsp3) is 0.222. The van der Waals surface area contributed by atoms with Gasteiger partial charge < -0.3 is 21.8 Å². The highest BCUT2D eigenvalue weighted by molar-refractivity contribution is 5.37. The number of rotatable bonds is 3. The molecule has 6 N–H and O–H groups in total. The van der Waals surface area contributed by atoms with Gasteiger partial charge in [-0.05, 0) is 18.6 Å². The molecule has 0 aliphatic rings. The van der Waals surface area contributed by atoms with Crippen molar-refractivity contribution < 1.29 is 0 Å². The monoisotopic (exact) mass is 219 g/mol. The Kier molecular flexibility index (Phi) is 2.59. The van der Waals surface area contributed by atoms with Gasteiger partial charge in [-0.2, -0.15) is 15.0 Å². The molecule has 0 aliphatic heterocycles. The van der Waals surface area contributed by atoms with Gasteiger partial charge in [-0.3, -0.25) is 0 Å². The maximum atomic E-state index is 5.44. The molecule has 2 rings (SSSR count). The minimum Gasteiger partial charge on any atom is -0.368 e. The number of aryl methyl sites for hydroxylation is 1. The van der Waals surface area contributed by atoms with Crippen LogP contribution in [-0.2, 0) is 6.54 Å². The van der Waals surface area contributed by atoms with E-state index in [1.807, 2.05) is 19.2 Å². The Labute approximate surface area is 92.3 Å². The first-order valence-corrected chi connectivity index (χ1v) is 4.78. The number of aromatic nitrogens is 4. The molecule has 0 bridgehead atoms. The normalized spacial score (nSPS) is 10.3. The highest BCUT2D eigenvalue weighted by atomic mass is 15.2. The van der Waals surface area contributed by atoms with E-state index in [0.717, 1.165) is 11.3 Å². The van der Waals surface area contributed by atoms with Crippen molar-refractivity contribution in [1.29, 1.82) is 0 Å². The fourth-order valence-corrected chi connectivity index (χ4v) is 1.34. The fourth-order valence-electron chi connectivity index (χ4n) is 1.34. The molecular formula is C9H13N7. The summed E-state index contributed by atoms with van der Waals surface area (Å²) in [6, 6.07) is 2.03. The average molecular weight is 219 g/mol. The van der Waals surface area contributed by atoms with Gasteiger partial charge in [-0.1, -0.05) is 0 Å². The van der Waals surface area contributed by atoms with Crippen LogP contribution in [0.4, 0.5) is 17.8 Å². The maximum Gasteiger partial charge on any atom is 0.229 e. The highest BCUT2D eigenvalue weighted by Crippen LogP contribution is 2.07. The molecule has 0 unspecified atom stereocenters. The Balaban J connectivity index is 2.04. The lowest BCUT2D eigenvalue weighted by atomic mass is 10.3. The van der Waals surface area contributed by atoms with Crippen molar-refractivity contribution in [3.8, 4) is 0 Å². The van der Waals surface area contributed by atoms with Crippen molar-refractivity contribution in [3.63, 3.8) is 0 Å². The van der Waals surface area contributed by atoms with Gasteiger partial charge in [0.2, 0.25) is 17.8 Å². The number of aromatic amines is 1. The number of anilines is 3. The first-order valence-electron chi connectivity index (χ1n) is 4.78. The maximum absolute atomic E-state index is 5.44. The van der Waals surface area contributed by atoms with E-state index >= 15 is 0 Å². The third-order valence-electron chi connectivity index (χ3n) is 2.01. The van der Waals surface area contributed by atoms with Gasteiger partial charge in [0.15, 0.2) is 0 Å². The Morgan fingerprint density at radius 2 is 1.94 bits per heavy atom. The van der Waals surface area contributed by atoms with Gasteiger partial charge in [-0.15, -0.1) is 0 Å². The summed E-state index contributed by atoms with van der Waals surface area (Å²) in [5.74, 6) is 0.601. The molecule has 84 valence electrons. The third-order valence-corrected chi connectivity index (χ3v) is 2.01. The summed E-state index contributed by atoms with van der Waals surface area (Å²) in [5.41, 5.74) is 13.1. The summed E-state index contributed by atoms with van der Waals surface area (Å²) < 4.78 is 0. The van der Waals surface area contributed by atoms with E-state index in [4.69, 9.17) is 11.5 Å². The smallest absolute Gasteiger partial charge is 0.229 e. The molecule has 0 spiro atoms. The van der Waals surface area contributed by atoms with Gasteiger partial charge in [0.1, 0.15) is 0 Å². The predicted molar refractivity (Wildman–Crippen MR) is 61.5 cm³/mol. The zero-order valence-electron chi connectivity index (χ0n) is 8.86. The average Bonchev–Trinajstić information content (AvgIpc) is 2.60. The van der Waals surface area contributed by atoms with E-state index < -0.39 is 0 Å². The highest BCUT2D eigenvalue weighted by Gasteiger charge is 2.01. The van der Waals surface area contributed by atoms with Crippen LogP contribution in [0.3, 0.4) is 0 Å².